The van der Waals surface area contributed by atoms with E-state index in [1.54, 1.807) is 0 Å². The molecule has 104 valence electrons. The normalized spacial score (nSPS) is 21.4. The molecule has 2 rings (SSSR count). The molecular formula is C16H17NO2S. The van der Waals surface area contributed by atoms with E-state index < -0.39 is 0 Å². The average Bonchev–Trinajstić information content (AvgIpc) is 2.77. The summed E-state index contributed by atoms with van der Waals surface area (Å²) in [6, 6.07) is 9.63. The zero-order valence-corrected chi connectivity index (χ0v) is 12.2. The van der Waals surface area contributed by atoms with Crippen molar-refractivity contribution < 1.29 is 9.53 Å². The van der Waals surface area contributed by atoms with E-state index in [0.29, 0.717) is 13.0 Å². The Morgan fingerprint density at radius 2 is 2.25 bits per heavy atom. The van der Waals surface area contributed by atoms with Gasteiger partial charge in [-0.05, 0) is 18.1 Å². The highest BCUT2D eigenvalue weighted by molar-refractivity contribution is 7.80. The minimum atomic E-state index is -0.331. The quantitative estimate of drug-likeness (QED) is 0.484. The molecule has 0 aliphatic carbocycles. The lowest BCUT2D eigenvalue weighted by Gasteiger charge is -2.24. The number of ether oxygens (including phenoxy) is 1. The van der Waals surface area contributed by atoms with Gasteiger partial charge < -0.3 is 9.64 Å². The smallest absolute Gasteiger partial charge is 0.328 e. The van der Waals surface area contributed by atoms with E-state index in [-0.39, 0.29) is 17.9 Å². The molecule has 2 atom stereocenters. The fourth-order valence-corrected chi connectivity index (χ4v) is 2.80. The Balaban J connectivity index is 2.23. The van der Waals surface area contributed by atoms with Crippen LogP contribution in [0, 0.1) is 5.92 Å². The highest BCUT2D eigenvalue weighted by Crippen LogP contribution is 2.29. The maximum atomic E-state index is 11.9. The summed E-state index contributed by atoms with van der Waals surface area (Å²) >= 11 is 5.49. The van der Waals surface area contributed by atoms with Gasteiger partial charge in [-0.3, -0.25) is 0 Å². The van der Waals surface area contributed by atoms with Crippen molar-refractivity contribution in [1.29, 1.82) is 0 Å². The maximum absolute atomic E-state index is 11.9. The average molecular weight is 287 g/mol. The summed E-state index contributed by atoms with van der Waals surface area (Å²) in [6.45, 7) is 4.19. The third kappa shape index (κ3) is 2.98. The van der Waals surface area contributed by atoms with Crippen LogP contribution >= 0.6 is 12.2 Å². The van der Waals surface area contributed by atoms with Crippen LogP contribution in [-0.4, -0.2) is 29.0 Å². The Morgan fingerprint density at radius 1 is 1.55 bits per heavy atom. The van der Waals surface area contributed by atoms with Crippen molar-refractivity contribution in [3.63, 3.8) is 0 Å². The van der Waals surface area contributed by atoms with E-state index in [0.717, 1.165) is 10.6 Å². The molecule has 0 saturated carbocycles. The molecule has 0 spiro atoms. The molecule has 4 heteroatoms. The van der Waals surface area contributed by atoms with Gasteiger partial charge in [0.05, 0.1) is 12.1 Å². The molecule has 0 amide bonds. The molecule has 1 aromatic rings. The van der Waals surface area contributed by atoms with Crippen molar-refractivity contribution in [3.05, 3.63) is 54.3 Å². The Bertz CT molecular complexity index is 549. The Hall–Kier alpha value is -1.90. The van der Waals surface area contributed by atoms with Gasteiger partial charge in [0.25, 0.3) is 0 Å². The molecule has 0 N–H and O–H groups in total. The summed E-state index contributed by atoms with van der Waals surface area (Å²) in [4.78, 5) is 14.6. The Labute approximate surface area is 124 Å². The molecule has 1 aromatic carbocycles. The second-order valence-corrected chi connectivity index (χ2v) is 5.12. The van der Waals surface area contributed by atoms with Crippen LogP contribution < -0.4 is 0 Å². The van der Waals surface area contributed by atoms with Crippen molar-refractivity contribution in [2.45, 2.75) is 19.0 Å². The number of likely N-dealkylation sites (tertiary alicyclic amines) is 1. The molecule has 20 heavy (non-hydrogen) atoms. The molecule has 1 fully saturated rings. The monoisotopic (exact) mass is 287 g/mol. The second kappa shape index (κ2) is 6.51. The summed E-state index contributed by atoms with van der Waals surface area (Å²) in [5.41, 5.74) is 3.88. The van der Waals surface area contributed by atoms with Crippen LogP contribution in [0.4, 0.5) is 0 Å². The minimum Gasteiger partial charge on any atom is -0.467 e. The van der Waals surface area contributed by atoms with Crippen molar-refractivity contribution in [3.8, 4) is 0 Å². The molecule has 1 aliphatic heterocycles. The SMILES string of the molecule is C=C=C[C@@H]1C[C@@H](C(=O)OC)N(Cc2ccccc2)C1=S. The van der Waals surface area contributed by atoms with E-state index in [1.807, 2.05) is 41.3 Å². The van der Waals surface area contributed by atoms with Gasteiger partial charge in [-0.15, -0.1) is 5.73 Å². The Morgan fingerprint density at radius 3 is 2.85 bits per heavy atom. The van der Waals surface area contributed by atoms with Gasteiger partial charge >= 0.3 is 5.97 Å². The van der Waals surface area contributed by atoms with Gasteiger partial charge in [0.2, 0.25) is 0 Å². The summed E-state index contributed by atoms with van der Waals surface area (Å²) in [6.07, 6.45) is 2.45. The molecule has 1 heterocycles. The number of benzene rings is 1. The van der Waals surface area contributed by atoms with Crippen molar-refractivity contribution >= 4 is 23.2 Å². The summed E-state index contributed by atoms with van der Waals surface area (Å²) < 4.78 is 4.89. The van der Waals surface area contributed by atoms with Gasteiger partial charge in [0.1, 0.15) is 6.04 Å². The predicted octanol–water partition coefficient (Wildman–Crippen LogP) is 2.72. The molecule has 0 radical (unpaired) electrons. The number of carbonyl (C=O) groups is 1. The van der Waals surface area contributed by atoms with E-state index in [9.17, 15) is 4.79 Å². The van der Waals surface area contributed by atoms with Gasteiger partial charge in [0.15, 0.2) is 0 Å². The Kier molecular flexibility index (Phi) is 4.72. The van der Waals surface area contributed by atoms with Crippen LogP contribution in [-0.2, 0) is 16.1 Å². The number of thiocarbonyl (C=S) groups is 1. The minimum absolute atomic E-state index is 0.0234. The van der Waals surface area contributed by atoms with E-state index in [1.165, 1.54) is 7.11 Å². The predicted molar refractivity (Wildman–Crippen MR) is 82.2 cm³/mol. The summed E-state index contributed by atoms with van der Waals surface area (Å²) in [5.74, 6) is -0.224. The first-order chi connectivity index (χ1) is 9.67. The number of hydrogen-bond donors (Lipinski definition) is 0. The van der Waals surface area contributed by atoms with Gasteiger partial charge in [-0.2, -0.15) is 0 Å². The third-order valence-corrected chi connectivity index (χ3v) is 3.98. The first kappa shape index (κ1) is 14.5. The number of esters is 1. The van der Waals surface area contributed by atoms with Crippen LogP contribution in [0.15, 0.2) is 48.7 Å². The van der Waals surface area contributed by atoms with Crippen LogP contribution in [0.1, 0.15) is 12.0 Å². The number of rotatable bonds is 4. The molecule has 0 aromatic heterocycles. The lowest BCUT2D eigenvalue weighted by Crippen LogP contribution is -2.38. The maximum Gasteiger partial charge on any atom is 0.328 e. The number of carbonyl (C=O) groups excluding carboxylic acids is 1. The lowest BCUT2D eigenvalue weighted by atomic mass is 10.1. The molecule has 0 unspecified atom stereocenters. The van der Waals surface area contributed by atoms with Crippen LogP contribution in [0.5, 0.6) is 0 Å². The molecule has 0 bridgehead atoms. The zero-order chi connectivity index (χ0) is 14.5. The molecule has 1 aliphatic rings. The van der Waals surface area contributed by atoms with Gasteiger partial charge in [0, 0.05) is 12.5 Å². The third-order valence-electron chi connectivity index (χ3n) is 3.44. The highest BCUT2D eigenvalue weighted by Gasteiger charge is 2.39. The first-order valence-electron chi connectivity index (χ1n) is 6.45. The van der Waals surface area contributed by atoms with E-state index in [2.05, 4.69) is 12.3 Å². The van der Waals surface area contributed by atoms with E-state index in [4.69, 9.17) is 17.0 Å². The van der Waals surface area contributed by atoms with Gasteiger partial charge in [-0.1, -0.05) is 49.1 Å². The standard InChI is InChI=1S/C16H17NO2S/c1-3-7-13-10-14(16(18)19-2)17(15(13)20)11-12-8-5-4-6-9-12/h4-9,13-14H,1,10-11H2,2H3/t13-,14+/m1/s1. The van der Waals surface area contributed by atoms with Crippen LogP contribution in [0.25, 0.3) is 0 Å². The van der Waals surface area contributed by atoms with E-state index >= 15 is 0 Å². The molecule has 3 nitrogen and oxygen atoms in total. The van der Waals surface area contributed by atoms with Crippen molar-refractivity contribution in [1.82, 2.24) is 4.90 Å². The summed E-state index contributed by atoms with van der Waals surface area (Å²) in [7, 11) is 1.41. The van der Waals surface area contributed by atoms with Crippen LogP contribution in [0.2, 0.25) is 0 Å². The lowest BCUT2D eigenvalue weighted by molar-refractivity contribution is -0.145. The van der Waals surface area contributed by atoms with Crippen molar-refractivity contribution in [2.75, 3.05) is 7.11 Å². The topological polar surface area (TPSA) is 29.5 Å². The fraction of sp³-hybridized carbons (Fsp3) is 0.312. The zero-order valence-electron chi connectivity index (χ0n) is 11.4. The first-order valence-corrected chi connectivity index (χ1v) is 6.86. The highest BCUT2D eigenvalue weighted by atomic mass is 32.1. The molecule has 1 saturated heterocycles. The van der Waals surface area contributed by atoms with Gasteiger partial charge in [-0.25, -0.2) is 4.79 Å². The fourth-order valence-electron chi connectivity index (χ4n) is 2.44. The number of nitrogens with zero attached hydrogens (tertiary/aromatic N) is 1. The van der Waals surface area contributed by atoms with Crippen molar-refractivity contribution in [2.24, 2.45) is 5.92 Å². The van der Waals surface area contributed by atoms with Crippen LogP contribution in [0.3, 0.4) is 0 Å². The number of methoxy groups -OCH3 is 1. The molecular weight excluding hydrogens is 270 g/mol. The summed E-state index contributed by atoms with van der Waals surface area (Å²) in [5, 5.41) is 0. The largest absolute Gasteiger partial charge is 0.467 e. The second-order valence-electron chi connectivity index (χ2n) is 4.70. The number of hydrogen-bond acceptors (Lipinski definition) is 3.